The van der Waals surface area contributed by atoms with Gasteiger partial charge in [-0.15, -0.1) is 0 Å². The fraction of sp³-hybridized carbons (Fsp3) is 0.312. The van der Waals surface area contributed by atoms with Crippen LogP contribution in [0.3, 0.4) is 0 Å². The number of hydrogen-bond acceptors (Lipinski definition) is 3. The molecule has 136 valence electrons. The van der Waals surface area contributed by atoms with Crippen LogP contribution in [-0.4, -0.2) is 25.1 Å². The van der Waals surface area contributed by atoms with Crippen molar-refractivity contribution in [1.82, 2.24) is 10.6 Å². The molecule has 25 heavy (non-hydrogen) atoms. The van der Waals surface area contributed by atoms with Gasteiger partial charge in [0.05, 0.1) is 17.4 Å². The van der Waals surface area contributed by atoms with E-state index < -0.39 is 23.7 Å². The van der Waals surface area contributed by atoms with Gasteiger partial charge in [-0.2, -0.15) is 13.2 Å². The second-order valence-electron chi connectivity index (χ2n) is 5.06. The van der Waals surface area contributed by atoms with Crippen LogP contribution >= 0.6 is 11.6 Å². The Morgan fingerprint density at radius 3 is 2.48 bits per heavy atom. The minimum atomic E-state index is -4.51. The van der Waals surface area contributed by atoms with Crippen LogP contribution in [0.4, 0.5) is 13.2 Å². The first kappa shape index (κ1) is 20.7. The van der Waals surface area contributed by atoms with Crippen LogP contribution in [0.1, 0.15) is 31.0 Å². The van der Waals surface area contributed by atoms with E-state index >= 15 is 0 Å². The van der Waals surface area contributed by atoms with Crippen LogP contribution in [0.5, 0.6) is 0 Å². The summed E-state index contributed by atoms with van der Waals surface area (Å²) in [4.78, 5) is 26.8. The number of halogens is 4. The van der Waals surface area contributed by atoms with Gasteiger partial charge in [-0.05, 0) is 31.5 Å². The predicted molar refractivity (Wildman–Crippen MR) is 89.3 cm³/mol. The smallest absolute Gasteiger partial charge is 0.377 e. The largest absolute Gasteiger partial charge is 0.416 e. The van der Waals surface area contributed by atoms with E-state index in [1.807, 2.05) is 0 Å². The number of carbonyl (C=O) groups is 2. The summed E-state index contributed by atoms with van der Waals surface area (Å²) in [6, 6.07) is 2.18. The minimum absolute atomic E-state index is 0.126. The third-order valence-corrected chi connectivity index (χ3v) is 3.58. The fourth-order valence-corrected chi connectivity index (χ4v) is 2.21. The molecule has 0 aromatic heterocycles. The number of aliphatic imine (C=N–C) groups is 1. The van der Waals surface area contributed by atoms with E-state index in [1.165, 1.54) is 6.07 Å². The van der Waals surface area contributed by atoms with Gasteiger partial charge in [0.25, 0.3) is 5.91 Å². The predicted octanol–water partition coefficient (Wildman–Crippen LogP) is 3.26. The summed E-state index contributed by atoms with van der Waals surface area (Å²) < 4.78 is 38.0. The van der Waals surface area contributed by atoms with Gasteiger partial charge < -0.3 is 10.6 Å². The Labute approximate surface area is 148 Å². The summed E-state index contributed by atoms with van der Waals surface area (Å²) in [7, 11) is 1.60. The van der Waals surface area contributed by atoms with E-state index in [2.05, 4.69) is 15.6 Å². The number of allylic oxidation sites excluding steroid dienone is 1. The molecule has 1 amide bonds. The lowest BCUT2D eigenvalue weighted by Crippen LogP contribution is -2.29. The van der Waals surface area contributed by atoms with Crippen LogP contribution in [-0.2, 0) is 15.8 Å². The molecule has 0 fully saturated rings. The molecule has 0 aliphatic heterocycles. The Kier molecular flexibility index (Phi) is 7.17. The molecule has 0 heterocycles. The summed E-state index contributed by atoms with van der Waals surface area (Å²) in [5, 5.41) is 5.13. The maximum atomic E-state index is 12.7. The molecule has 1 rings (SSSR count). The number of nitrogens with one attached hydrogen (secondary N) is 2. The Morgan fingerprint density at radius 1 is 1.36 bits per heavy atom. The normalized spacial score (nSPS) is 14.0. The van der Waals surface area contributed by atoms with E-state index in [-0.39, 0.29) is 10.7 Å². The molecule has 0 aliphatic carbocycles. The summed E-state index contributed by atoms with van der Waals surface area (Å²) >= 11 is 5.90. The first-order valence-corrected chi connectivity index (χ1v) is 7.54. The summed E-state index contributed by atoms with van der Waals surface area (Å²) in [6.07, 6.45) is -3.11. The van der Waals surface area contributed by atoms with Gasteiger partial charge in [0, 0.05) is 18.1 Å². The third-order valence-electron chi connectivity index (χ3n) is 3.25. The zero-order valence-corrected chi connectivity index (χ0v) is 14.5. The number of benzene rings is 1. The zero-order chi connectivity index (χ0) is 19.2. The van der Waals surface area contributed by atoms with Gasteiger partial charge in [0.2, 0.25) is 0 Å². The lowest BCUT2D eigenvalue weighted by molar-refractivity contribution is -0.137. The highest BCUT2D eigenvalue weighted by atomic mass is 35.5. The maximum Gasteiger partial charge on any atom is 0.416 e. The number of nitrogens with zero attached hydrogens (tertiary/aromatic N) is 1. The van der Waals surface area contributed by atoms with E-state index in [0.29, 0.717) is 17.7 Å². The number of amides is 1. The first-order valence-electron chi connectivity index (χ1n) is 7.16. The minimum Gasteiger partial charge on any atom is -0.377 e. The fourth-order valence-electron chi connectivity index (χ4n) is 1.87. The number of rotatable bonds is 5. The molecular weight excluding hydrogens is 359 g/mol. The molecule has 0 saturated heterocycles. The number of aldehydes is 1. The van der Waals surface area contributed by atoms with E-state index in [4.69, 9.17) is 11.6 Å². The second-order valence-corrected chi connectivity index (χ2v) is 5.47. The number of carbonyl (C=O) groups excluding carboxylic acids is 2. The highest BCUT2D eigenvalue weighted by Gasteiger charge is 2.31. The van der Waals surface area contributed by atoms with E-state index in [1.54, 1.807) is 20.9 Å². The quantitative estimate of drug-likeness (QED) is 0.359. The highest BCUT2D eigenvalue weighted by Crippen LogP contribution is 2.33. The molecule has 0 aliphatic rings. The van der Waals surface area contributed by atoms with Crippen LogP contribution in [0, 0.1) is 0 Å². The van der Waals surface area contributed by atoms with Crippen molar-refractivity contribution in [2.24, 2.45) is 4.99 Å². The Hall–Kier alpha value is -2.35. The molecule has 1 unspecified atom stereocenters. The molecule has 0 bridgehead atoms. The van der Waals surface area contributed by atoms with Crippen LogP contribution in [0.25, 0.3) is 0 Å². The monoisotopic (exact) mass is 375 g/mol. The highest BCUT2D eigenvalue weighted by molar-refractivity contribution is 6.31. The number of amidine groups is 1. The summed E-state index contributed by atoms with van der Waals surface area (Å²) in [5.74, 6) is -0.256. The Balaban J connectivity index is 3.01. The van der Waals surface area contributed by atoms with Crippen molar-refractivity contribution < 1.29 is 22.8 Å². The summed E-state index contributed by atoms with van der Waals surface area (Å²) in [6.45, 7) is 3.15. The van der Waals surface area contributed by atoms with Crippen molar-refractivity contribution in [1.29, 1.82) is 0 Å². The van der Waals surface area contributed by atoms with Crippen LogP contribution in [0.15, 0.2) is 35.0 Å². The van der Waals surface area contributed by atoms with E-state index in [9.17, 15) is 22.8 Å². The van der Waals surface area contributed by atoms with E-state index in [0.717, 1.165) is 18.2 Å². The molecule has 1 aromatic rings. The third kappa shape index (κ3) is 5.90. The van der Waals surface area contributed by atoms with Crippen molar-refractivity contribution in [3.63, 3.8) is 0 Å². The molecule has 0 saturated carbocycles. The van der Waals surface area contributed by atoms with Crippen LogP contribution in [0.2, 0.25) is 5.02 Å². The summed E-state index contributed by atoms with van der Waals surface area (Å²) in [5.41, 5.74) is -0.713. The van der Waals surface area contributed by atoms with Crippen molar-refractivity contribution in [3.05, 3.63) is 46.1 Å². The molecular formula is C16H17ClF3N3O2. The maximum absolute atomic E-state index is 12.7. The molecule has 9 heteroatoms. The standard InChI is InChI=1S/C16H17ClF3N3O2/c1-9(12-5-4-11(8-13(12)17)16(18,19)20)22-15(25)14(6-7-24)23-10(2)21-3/h4-9H,1-3H3,(H,21,23)(H,22,25)/b14-6-. The lowest BCUT2D eigenvalue weighted by atomic mass is 10.1. The SMILES string of the molecule is CN/C(C)=N\C(=C/C=O)C(=O)NC(C)c1ccc(C(F)(F)F)cc1Cl. The molecule has 0 radical (unpaired) electrons. The van der Waals surface area contributed by atoms with Crippen LogP contribution < -0.4 is 10.6 Å². The van der Waals surface area contributed by atoms with Gasteiger partial charge in [0.1, 0.15) is 12.0 Å². The first-order chi connectivity index (χ1) is 11.6. The Morgan fingerprint density at radius 2 is 2.00 bits per heavy atom. The van der Waals surface area contributed by atoms with Gasteiger partial charge >= 0.3 is 6.18 Å². The Bertz CT molecular complexity index is 715. The number of alkyl halides is 3. The van der Waals surface area contributed by atoms with Crippen molar-refractivity contribution in [3.8, 4) is 0 Å². The molecule has 5 nitrogen and oxygen atoms in total. The van der Waals surface area contributed by atoms with Crippen molar-refractivity contribution in [2.75, 3.05) is 7.05 Å². The average Bonchev–Trinajstić information content (AvgIpc) is 2.52. The lowest BCUT2D eigenvalue weighted by Gasteiger charge is -2.17. The molecule has 1 aromatic carbocycles. The number of hydrogen-bond donors (Lipinski definition) is 2. The molecule has 0 spiro atoms. The molecule has 2 N–H and O–H groups in total. The van der Waals surface area contributed by atoms with Gasteiger partial charge in [0.15, 0.2) is 0 Å². The second kappa shape index (κ2) is 8.66. The van der Waals surface area contributed by atoms with Gasteiger partial charge in [-0.25, -0.2) is 4.99 Å². The van der Waals surface area contributed by atoms with Gasteiger partial charge in [-0.3, -0.25) is 9.59 Å². The molecule has 1 atom stereocenters. The van der Waals surface area contributed by atoms with Crippen molar-refractivity contribution >= 4 is 29.6 Å². The van der Waals surface area contributed by atoms with Crippen molar-refractivity contribution in [2.45, 2.75) is 26.1 Å². The topological polar surface area (TPSA) is 70.6 Å². The zero-order valence-electron chi connectivity index (χ0n) is 13.7. The van der Waals surface area contributed by atoms with Gasteiger partial charge in [-0.1, -0.05) is 17.7 Å². The average molecular weight is 376 g/mol.